The fourth-order valence-electron chi connectivity index (χ4n) is 1.53. The normalized spacial score (nSPS) is 13.8. The number of alkyl halides is 1. The summed E-state index contributed by atoms with van der Waals surface area (Å²) in [5.41, 5.74) is 0. The van der Waals surface area contributed by atoms with E-state index in [0.717, 1.165) is 11.8 Å². The van der Waals surface area contributed by atoms with Crippen LogP contribution in [0.2, 0.25) is 5.02 Å². The van der Waals surface area contributed by atoms with Crippen LogP contribution in [0.25, 0.3) is 0 Å². The molecule has 1 rings (SSSR count). The van der Waals surface area contributed by atoms with Crippen LogP contribution in [0.15, 0.2) is 29.2 Å². The highest BCUT2D eigenvalue weighted by Crippen LogP contribution is 2.16. The second-order valence-electron chi connectivity index (χ2n) is 4.40. The molecule has 0 aliphatic rings. The molecule has 0 saturated heterocycles. The summed E-state index contributed by atoms with van der Waals surface area (Å²) in [4.78, 5) is 0.243. The van der Waals surface area contributed by atoms with Crippen molar-refractivity contribution in [3.05, 3.63) is 29.3 Å². The molecule has 1 N–H and O–H groups in total. The van der Waals surface area contributed by atoms with Gasteiger partial charge in [0.1, 0.15) is 0 Å². The molecular formula is C12H17BrClNO2S. The fraction of sp³-hybridized carbons (Fsp3) is 0.500. The van der Waals surface area contributed by atoms with Gasteiger partial charge in [0.05, 0.1) is 4.90 Å². The van der Waals surface area contributed by atoms with Gasteiger partial charge < -0.3 is 0 Å². The van der Waals surface area contributed by atoms with Crippen LogP contribution in [0, 0.1) is 5.92 Å². The number of nitrogens with one attached hydrogen (secondary N) is 1. The summed E-state index contributed by atoms with van der Waals surface area (Å²) in [7, 11) is -3.47. The van der Waals surface area contributed by atoms with E-state index in [0.29, 0.717) is 5.02 Å². The Kier molecular flexibility index (Phi) is 6.11. The first-order chi connectivity index (χ1) is 8.36. The largest absolute Gasteiger partial charge is 0.240 e. The van der Waals surface area contributed by atoms with Crippen LogP contribution < -0.4 is 4.72 Å². The Morgan fingerprint density at radius 1 is 1.28 bits per heavy atom. The van der Waals surface area contributed by atoms with Crippen LogP contribution in [0.4, 0.5) is 0 Å². The van der Waals surface area contributed by atoms with E-state index < -0.39 is 10.0 Å². The van der Waals surface area contributed by atoms with Crippen LogP contribution in [0.5, 0.6) is 0 Å². The van der Waals surface area contributed by atoms with Crippen LogP contribution >= 0.6 is 27.5 Å². The van der Waals surface area contributed by atoms with E-state index in [-0.39, 0.29) is 16.9 Å². The molecule has 3 nitrogen and oxygen atoms in total. The molecule has 6 heteroatoms. The third-order valence-corrected chi connectivity index (χ3v) is 4.87. The van der Waals surface area contributed by atoms with Gasteiger partial charge in [-0.05, 0) is 36.6 Å². The summed E-state index contributed by atoms with van der Waals surface area (Å²) in [6.07, 6.45) is 0.754. The van der Waals surface area contributed by atoms with Crippen molar-refractivity contribution in [3.8, 4) is 0 Å². The van der Waals surface area contributed by atoms with Gasteiger partial charge in [-0.25, -0.2) is 13.1 Å². The fourth-order valence-corrected chi connectivity index (χ4v) is 3.57. The Morgan fingerprint density at radius 3 is 2.28 bits per heavy atom. The molecule has 0 saturated carbocycles. The molecule has 1 aromatic carbocycles. The molecule has 0 bridgehead atoms. The minimum absolute atomic E-state index is 0.0787. The van der Waals surface area contributed by atoms with Crippen molar-refractivity contribution in [2.75, 3.05) is 5.33 Å². The van der Waals surface area contributed by atoms with Gasteiger partial charge in [0.15, 0.2) is 0 Å². The highest BCUT2D eigenvalue weighted by Gasteiger charge is 2.21. The number of hydrogen-bond donors (Lipinski definition) is 1. The summed E-state index contributed by atoms with van der Waals surface area (Å²) >= 11 is 9.09. The average molecular weight is 355 g/mol. The van der Waals surface area contributed by atoms with Crippen LogP contribution in [0.3, 0.4) is 0 Å². The van der Waals surface area contributed by atoms with E-state index in [9.17, 15) is 8.42 Å². The zero-order valence-electron chi connectivity index (χ0n) is 10.4. The highest BCUT2D eigenvalue weighted by molar-refractivity contribution is 9.09. The number of rotatable bonds is 6. The summed E-state index contributed by atoms with van der Waals surface area (Å²) in [5.74, 6) is 0.240. The van der Waals surface area contributed by atoms with E-state index in [2.05, 4.69) is 20.7 Å². The van der Waals surface area contributed by atoms with Crippen molar-refractivity contribution in [1.29, 1.82) is 0 Å². The maximum absolute atomic E-state index is 12.2. The Bertz CT molecular complexity index is 473. The predicted octanol–water partition coefficient (Wildman–Crippen LogP) is 3.43. The first kappa shape index (κ1) is 16.0. The minimum Gasteiger partial charge on any atom is -0.208 e. The molecule has 1 atom stereocenters. The first-order valence-electron chi connectivity index (χ1n) is 5.70. The molecule has 18 heavy (non-hydrogen) atoms. The molecule has 0 amide bonds. The average Bonchev–Trinajstić information content (AvgIpc) is 2.28. The van der Waals surface area contributed by atoms with E-state index in [1.54, 1.807) is 12.1 Å². The second kappa shape index (κ2) is 6.89. The first-order valence-corrected chi connectivity index (χ1v) is 8.69. The van der Waals surface area contributed by atoms with Gasteiger partial charge in [-0.2, -0.15) is 0 Å². The van der Waals surface area contributed by atoms with Gasteiger partial charge in [-0.1, -0.05) is 41.4 Å². The third-order valence-electron chi connectivity index (χ3n) is 2.66. The van der Waals surface area contributed by atoms with Crippen molar-refractivity contribution >= 4 is 37.6 Å². The Hall–Kier alpha value is -0.100. The lowest BCUT2D eigenvalue weighted by atomic mass is 10.0. The van der Waals surface area contributed by atoms with Crippen molar-refractivity contribution in [2.24, 2.45) is 5.92 Å². The van der Waals surface area contributed by atoms with E-state index >= 15 is 0 Å². The molecular weight excluding hydrogens is 338 g/mol. The second-order valence-corrected chi connectivity index (χ2v) is 7.35. The van der Waals surface area contributed by atoms with Crippen LogP contribution in [-0.4, -0.2) is 19.8 Å². The molecule has 0 heterocycles. The molecule has 102 valence electrons. The van der Waals surface area contributed by atoms with E-state index in [1.807, 2.05) is 13.8 Å². The summed E-state index contributed by atoms with van der Waals surface area (Å²) in [6, 6.07) is 6.09. The van der Waals surface area contributed by atoms with Gasteiger partial charge in [0.2, 0.25) is 10.0 Å². The monoisotopic (exact) mass is 353 g/mol. The highest BCUT2D eigenvalue weighted by atomic mass is 79.9. The van der Waals surface area contributed by atoms with Gasteiger partial charge in [-0.3, -0.25) is 0 Å². The quantitative estimate of drug-likeness (QED) is 0.796. The summed E-state index contributed by atoms with van der Waals surface area (Å²) < 4.78 is 27.1. The zero-order valence-corrected chi connectivity index (χ0v) is 13.5. The van der Waals surface area contributed by atoms with Crippen LogP contribution in [-0.2, 0) is 10.0 Å². The number of sulfonamides is 1. The third kappa shape index (κ3) is 4.53. The standard InChI is InChI=1S/C12H17BrClNO2S/c1-9(2)12(7-8-13)15-18(16,17)11-5-3-10(14)4-6-11/h3-6,9,12,15H,7-8H2,1-2H3. The van der Waals surface area contributed by atoms with E-state index in [1.165, 1.54) is 12.1 Å². The number of benzene rings is 1. The van der Waals surface area contributed by atoms with Gasteiger partial charge in [-0.15, -0.1) is 0 Å². The molecule has 1 aromatic rings. The minimum atomic E-state index is -3.47. The number of hydrogen-bond acceptors (Lipinski definition) is 2. The zero-order chi connectivity index (χ0) is 13.8. The van der Waals surface area contributed by atoms with Crippen molar-refractivity contribution in [3.63, 3.8) is 0 Å². The lowest BCUT2D eigenvalue weighted by molar-refractivity contribution is 0.440. The van der Waals surface area contributed by atoms with Gasteiger partial charge in [0.25, 0.3) is 0 Å². The topological polar surface area (TPSA) is 46.2 Å². The van der Waals surface area contributed by atoms with Crippen LogP contribution in [0.1, 0.15) is 20.3 Å². The van der Waals surface area contributed by atoms with Crippen molar-refractivity contribution in [2.45, 2.75) is 31.2 Å². The Balaban J connectivity index is 2.89. The van der Waals surface area contributed by atoms with Crippen molar-refractivity contribution in [1.82, 2.24) is 4.72 Å². The SMILES string of the molecule is CC(C)C(CCBr)NS(=O)(=O)c1ccc(Cl)cc1. The summed E-state index contributed by atoms with van der Waals surface area (Å²) in [5, 5.41) is 1.29. The molecule has 0 radical (unpaired) electrons. The van der Waals surface area contributed by atoms with Gasteiger partial charge in [0, 0.05) is 16.4 Å². The van der Waals surface area contributed by atoms with Crippen molar-refractivity contribution < 1.29 is 8.42 Å². The Labute approximate surface area is 122 Å². The molecule has 0 aliphatic heterocycles. The number of halogens is 2. The predicted molar refractivity (Wildman–Crippen MR) is 78.8 cm³/mol. The molecule has 0 aromatic heterocycles. The lowest BCUT2D eigenvalue weighted by Crippen LogP contribution is -2.38. The molecule has 1 unspecified atom stereocenters. The maximum atomic E-state index is 12.2. The molecule has 0 aliphatic carbocycles. The summed E-state index contributed by atoms with van der Waals surface area (Å²) in [6.45, 7) is 4.00. The van der Waals surface area contributed by atoms with Gasteiger partial charge >= 0.3 is 0 Å². The maximum Gasteiger partial charge on any atom is 0.240 e. The lowest BCUT2D eigenvalue weighted by Gasteiger charge is -2.21. The molecule has 0 fully saturated rings. The van der Waals surface area contributed by atoms with E-state index in [4.69, 9.17) is 11.6 Å². The molecule has 0 spiro atoms. The Morgan fingerprint density at radius 2 is 1.83 bits per heavy atom. The smallest absolute Gasteiger partial charge is 0.208 e.